The lowest BCUT2D eigenvalue weighted by atomic mass is 10.1. The molecule has 0 bridgehead atoms. The van der Waals surface area contributed by atoms with E-state index in [-0.39, 0.29) is 27.1 Å². The molecule has 0 N–H and O–H groups in total. The second-order valence-corrected chi connectivity index (χ2v) is 4.52. The predicted molar refractivity (Wildman–Crippen MR) is 70.8 cm³/mol. The first-order valence-electron chi connectivity index (χ1n) is 5.46. The summed E-state index contributed by atoms with van der Waals surface area (Å²) in [6.07, 6.45) is 1.24. The van der Waals surface area contributed by atoms with Gasteiger partial charge in [0.2, 0.25) is 0 Å². The predicted octanol–water partition coefficient (Wildman–Crippen LogP) is 4.73. The van der Waals surface area contributed by atoms with E-state index in [4.69, 9.17) is 27.9 Å². The molecule has 2 rings (SSSR count). The molecule has 0 amide bonds. The van der Waals surface area contributed by atoms with Gasteiger partial charge in [0.15, 0.2) is 5.82 Å². The van der Waals surface area contributed by atoms with E-state index >= 15 is 0 Å². The van der Waals surface area contributed by atoms with E-state index in [1.54, 1.807) is 6.92 Å². The summed E-state index contributed by atoms with van der Waals surface area (Å²) in [5.41, 5.74) is -0.165. The third-order valence-electron chi connectivity index (χ3n) is 2.38. The molecular weight excluding hydrogens is 295 g/mol. The van der Waals surface area contributed by atoms with Crippen molar-refractivity contribution in [2.75, 3.05) is 6.61 Å². The van der Waals surface area contributed by atoms with E-state index < -0.39 is 11.6 Å². The lowest BCUT2D eigenvalue weighted by molar-refractivity contribution is 0.340. The minimum absolute atomic E-state index is 0.0259. The number of halogens is 4. The van der Waals surface area contributed by atoms with Crippen LogP contribution in [0.1, 0.15) is 6.92 Å². The van der Waals surface area contributed by atoms with Crippen LogP contribution in [-0.2, 0) is 0 Å². The second-order valence-electron chi connectivity index (χ2n) is 3.68. The molecule has 0 fully saturated rings. The van der Waals surface area contributed by atoms with Gasteiger partial charge in [0.25, 0.3) is 0 Å². The van der Waals surface area contributed by atoms with Gasteiger partial charge in [-0.3, -0.25) is 4.98 Å². The van der Waals surface area contributed by atoms with Crippen molar-refractivity contribution in [3.8, 4) is 17.0 Å². The third-order valence-corrected chi connectivity index (χ3v) is 2.89. The van der Waals surface area contributed by atoms with Crippen LogP contribution in [0.25, 0.3) is 11.3 Å². The molecule has 0 saturated carbocycles. The molecule has 100 valence electrons. The summed E-state index contributed by atoms with van der Waals surface area (Å²) < 4.78 is 32.8. The lowest BCUT2D eigenvalue weighted by Crippen LogP contribution is -1.97. The van der Waals surface area contributed by atoms with E-state index in [0.717, 1.165) is 12.1 Å². The number of hydrogen-bond acceptors (Lipinski definition) is 2. The normalized spacial score (nSPS) is 10.6. The summed E-state index contributed by atoms with van der Waals surface area (Å²) in [6, 6.07) is 3.45. The molecule has 0 aliphatic rings. The molecule has 1 aromatic carbocycles. The molecular formula is C13H9Cl2F2NO. The van der Waals surface area contributed by atoms with Crippen LogP contribution in [0.2, 0.25) is 10.0 Å². The minimum Gasteiger partial charge on any atom is -0.492 e. The monoisotopic (exact) mass is 303 g/mol. The molecule has 0 radical (unpaired) electrons. The van der Waals surface area contributed by atoms with Crippen LogP contribution in [0.3, 0.4) is 0 Å². The van der Waals surface area contributed by atoms with Gasteiger partial charge in [-0.25, -0.2) is 8.78 Å². The van der Waals surface area contributed by atoms with Crippen LogP contribution >= 0.6 is 23.2 Å². The Morgan fingerprint density at radius 3 is 2.53 bits per heavy atom. The molecule has 2 nitrogen and oxygen atoms in total. The number of aromatic nitrogens is 1. The topological polar surface area (TPSA) is 22.1 Å². The van der Waals surface area contributed by atoms with Crippen molar-refractivity contribution in [3.05, 3.63) is 46.1 Å². The Bertz CT molecular complexity index is 620. The number of ether oxygens (including phenoxy) is 1. The Kier molecular flexibility index (Phi) is 4.22. The fraction of sp³-hybridized carbons (Fsp3) is 0.154. The minimum atomic E-state index is -0.712. The average Bonchev–Trinajstić information content (AvgIpc) is 2.34. The first kappa shape index (κ1) is 14.0. The van der Waals surface area contributed by atoms with Gasteiger partial charge in [0.05, 0.1) is 16.7 Å². The van der Waals surface area contributed by atoms with E-state index in [0.29, 0.717) is 6.61 Å². The van der Waals surface area contributed by atoms with Gasteiger partial charge in [-0.2, -0.15) is 0 Å². The molecule has 0 unspecified atom stereocenters. The van der Waals surface area contributed by atoms with Gasteiger partial charge in [0.1, 0.15) is 17.3 Å². The summed E-state index contributed by atoms with van der Waals surface area (Å²) in [5.74, 6) is -1.12. The van der Waals surface area contributed by atoms with Crippen LogP contribution < -0.4 is 4.74 Å². The number of pyridine rings is 1. The Labute approximate surface area is 118 Å². The zero-order chi connectivity index (χ0) is 14.0. The molecule has 0 aliphatic heterocycles. The fourth-order valence-electron chi connectivity index (χ4n) is 1.59. The van der Waals surface area contributed by atoms with Crippen molar-refractivity contribution in [3.63, 3.8) is 0 Å². The summed E-state index contributed by atoms with van der Waals surface area (Å²) in [6.45, 7) is 2.13. The van der Waals surface area contributed by atoms with Gasteiger partial charge in [-0.1, -0.05) is 23.2 Å². The highest BCUT2D eigenvalue weighted by atomic mass is 35.5. The first-order chi connectivity index (χ1) is 9.02. The molecule has 1 aromatic heterocycles. The van der Waals surface area contributed by atoms with Crippen LogP contribution in [0.5, 0.6) is 5.75 Å². The molecule has 1 heterocycles. The molecule has 6 heteroatoms. The van der Waals surface area contributed by atoms with E-state index in [1.165, 1.54) is 12.3 Å². The molecule has 0 atom stereocenters. The quantitative estimate of drug-likeness (QED) is 0.817. The van der Waals surface area contributed by atoms with E-state index in [1.807, 2.05) is 0 Å². The molecule has 0 spiro atoms. The summed E-state index contributed by atoms with van der Waals surface area (Å²) >= 11 is 11.4. The van der Waals surface area contributed by atoms with Gasteiger partial charge in [-0.15, -0.1) is 0 Å². The van der Waals surface area contributed by atoms with Crippen molar-refractivity contribution in [2.45, 2.75) is 6.92 Å². The zero-order valence-corrected chi connectivity index (χ0v) is 11.4. The summed E-state index contributed by atoms with van der Waals surface area (Å²) in [5, 5.41) is 0.262. The maximum atomic E-state index is 13.9. The van der Waals surface area contributed by atoms with Crippen LogP contribution in [-0.4, -0.2) is 11.6 Å². The number of rotatable bonds is 3. The van der Waals surface area contributed by atoms with Crippen molar-refractivity contribution in [1.29, 1.82) is 0 Å². The van der Waals surface area contributed by atoms with Crippen LogP contribution in [0, 0.1) is 11.6 Å². The lowest BCUT2D eigenvalue weighted by Gasteiger charge is -2.10. The maximum absolute atomic E-state index is 13.9. The van der Waals surface area contributed by atoms with Crippen LogP contribution in [0.15, 0.2) is 24.4 Å². The number of hydrogen-bond donors (Lipinski definition) is 0. The SMILES string of the molecule is CCOc1cc(-c2ncc(Cl)cc2F)c(F)cc1Cl. The molecule has 0 aliphatic carbocycles. The van der Waals surface area contributed by atoms with Gasteiger partial charge in [0, 0.05) is 11.8 Å². The standard InChI is InChI=1S/C13H9Cl2F2NO/c1-2-19-12-4-8(10(16)5-9(12)15)13-11(17)3-7(14)6-18-13/h3-6H,2H2,1H3. The molecule has 19 heavy (non-hydrogen) atoms. The van der Waals surface area contributed by atoms with Crippen molar-refractivity contribution in [1.82, 2.24) is 4.98 Å². The Morgan fingerprint density at radius 1 is 1.16 bits per heavy atom. The van der Waals surface area contributed by atoms with Crippen LogP contribution in [0.4, 0.5) is 8.78 Å². The Hall–Kier alpha value is -1.39. The molecule has 2 aromatic rings. The summed E-state index contributed by atoms with van der Waals surface area (Å²) in [7, 11) is 0. The molecule has 0 saturated heterocycles. The van der Waals surface area contributed by atoms with Crippen molar-refractivity contribution < 1.29 is 13.5 Å². The third kappa shape index (κ3) is 2.96. The van der Waals surface area contributed by atoms with E-state index in [2.05, 4.69) is 4.98 Å². The average molecular weight is 304 g/mol. The zero-order valence-electron chi connectivity index (χ0n) is 9.88. The van der Waals surface area contributed by atoms with E-state index in [9.17, 15) is 8.78 Å². The maximum Gasteiger partial charge on any atom is 0.151 e. The highest BCUT2D eigenvalue weighted by Crippen LogP contribution is 2.33. The summed E-state index contributed by atoms with van der Waals surface area (Å²) in [4.78, 5) is 3.79. The van der Waals surface area contributed by atoms with Gasteiger partial charge in [-0.05, 0) is 25.1 Å². The highest BCUT2D eigenvalue weighted by molar-refractivity contribution is 6.32. The van der Waals surface area contributed by atoms with Gasteiger partial charge < -0.3 is 4.74 Å². The second kappa shape index (κ2) is 5.72. The Balaban J connectivity index is 2.58. The largest absolute Gasteiger partial charge is 0.492 e. The smallest absolute Gasteiger partial charge is 0.151 e. The first-order valence-corrected chi connectivity index (χ1v) is 6.21. The number of benzene rings is 1. The van der Waals surface area contributed by atoms with Gasteiger partial charge >= 0.3 is 0 Å². The Morgan fingerprint density at radius 2 is 1.89 bits per heavy atom. The van der Waals surface area contributed by atoms with Crippen molar-refractivity contribution >= 4 is 23.2 Å². The highest BCUT2D eigenvalue weighted by Gasteiger charge is 2.16. The van der Waals surface area contributed by atoms with Crippen molar-refractivity contribution in [2.24, 2.45) is 0 Å². The number of nitrogens with zero attached hydrogens (tertiary/aromatic N) is 1. The fourth-order valence-corrected chi connectivity index (χ4v) is 1.94.